The third kappa shape index (κ3) is 4.20. The normalized spacial score (nSPS) is 12.0. The molecule has 0 heterocycles. The van der Waals surface area contributed by atoms with E-state index in [1.165, 1.54) is 16.7 Å². The largest absolute Gasteiger partial charge is 0.349 e. The Morgan fingerprint density at radius 3 is 2.23 bits per heavy atom. The molecule has 0 radical (unpaired) electrons. The number of aryl methyl sites for hydroxylation is 3. The summed E-state index contributed by atoms with van der Waals surface area (Å²) in [4.78, 5) is 12.2. The Labute approximate surface area is 133 Å². The highest BCUT2D eigenvalue weighted by atomic mass is 16.1. The number of rotatable bonds is 5. The molecular formula is C20H25NO. The summed E-state index contributed by atoms with van der Waals surface area (Å²) in [5.74, 6) is 0.0648. The van der Waals surface area contributed by atoms with Crippen LogP contribution in [0.1, 0.15) is 47.7 Å². The molecule has 0 bridgehead atoms. The molecule has 0 spiro atoms. The Bertz CT molecular complexity index is 643. The van der Waals surface area contributed by atoms with Gasteiger partial charge < -0.3 is 5.32 Å². The highest BCUT2D eigenvalue weighted by Crippen LogP contribution is 2.17. The predicted octanol–water partition coefficient (Wildman–Crippen LogP) is 4.29. The van der Waals surface area contributed by atoms with Crippen molar-refractivity contribution in [2.75, 3.05) is 0 Å². The molecule has 2 heteroatoms. The van der Waals surface area contributed by atoms with Gasteiger partial charge in [-0.1, -0.05) is 49.4 Å². The highest BCUT2D eigenvalue weighted by Gasteiger charge is 2.10. The molecule has 0 aliphatic carbocycles. The summed E-state index contributed by atoms with van der Waals surface area (Å²) >= 11 is 0. The van der Waals surface area contributed by atoms with E-state index in [1.54, 1.807) is 0 Å². The van der Waals surface area contributed by atoms with Gasteiger partial charge >= 0.3 is 0 Å². The van der Waals surface area contributed by atoms with Crippen LogP contribution in [0, 0.1) is 13.8 Å². The fourth-order valence-corrected chi connectivity index (χ4v) is 2.49. The zero-order valence-electron chi connectivity index (χ0n) is 13.9. The molecule has 2 aromatic rings. The van der Waals surface area contributed by atoms with E-state index in [9.17, 15) is 4.79 Å². The van der Waals surface area contributed by atoms with Crippen LogP contribution in [0.15, 0.2) is 42.5 Å². The van der Waals surface area contributed by atoms with Crippen molar-refractivity contribution in [2.24, 2.45) is 0 Å². The molecule has 1 N–H and O–H groups in total. The minimum Gasteiger partial charge on any atom is -0.349 e. The van der Waals surface area contributed by atoms with Crippen molar-refractivity contribution in [3.63, 3.8) is 0 Å². The fourth-order valence-electron chi connectivity index (χ4n) is 2.49. The fraction of sp³-hybridized carbons (Fsp3) is 0.350. The van der Waals surface area contributed by atoms with Crippen LogP contribution in [0.3, 0.4) is 0 Å². The topological polar surface area (TPSA) is 29.1 Å². The van der Waals surface area contributed by atoms with E-state index in [1.807, 2.05) is 19.1 Å². The van der Waals surface area contributed by atoms with Crippen molar-refractivity contribution in [3.05, 3.63) is 70.3 Å². The molecule has 0 saturated heterocycles. The van der Waals surface area contributed by atoms with E-state index in [0.717, 1.165) is 17.5 Å². The van der Waals surface area contributed by atoms with Gasteiger partial charge in [0.15, 0.2) is 0 Å². The molecule has 0 aromatic heterocycles. The minimum absolute atomic E-state index is 0.0294. The van der Waals surface area contributed by atoms with Crippen LogP contribution < -0.4 is 5.32 Å². The van der Waals surface area contributed by atoms with Gasteiger partial charge in [0.2, 0.25) is 5.91 Å². The quantitative estimate of drug-likeness (QED) is 0.876. The Morgan fingerprint density at radius 1 is 1.00 bits per heavy atom. The SMILES string of the molecule is CCc1ccc(CC(=O)N[C@@H](C)c2ccc(C)c(C)c2)cc1. The average Bonchev–Trinajstić information content (AvgIpc) is 2.50. The Kier molecular flexibility index (Phi) is 5.37. The summed E-state index contributed by atoms with van der Waals surface area (Å²) in [6, 6.07) is 14.6. The predicted molar refractivity (Wildman–Crippen MR) is 92.0 cm³/mol. The lowest BCUT2D eigenvalue weighted by atomic mass is 10.0. The molecule has 2 rings (SSSR count). The second-order valence-electron chi connectivity index (χ2n) is 5.98. The molecule has 0 aliphatic heterocycles. The maximum absolute atomic E-state index is 12.2. The summed E-state index contributed by atoms with van der Waals surface area (Å²) in [7, 11) is 0. The number of carbonyl (C=O) groups excluding carboxylic acids is 1. The van der Waals surface area contributed by atoms with Gasteiger partial charge in [0.25, 0.3) is 0 Å². The molecular weight excluding hydrogens is 270 g/mol. The van der Waals surface area contributed by atoms with E-state index in [4.69, 9.17) is 0 Å². The van der Waals surface area contributed by atoms with Gasteiger partial charge in [-0.2, -0.15) is 0 Å². The van der Waals surface area contributed by atoms with Gasteiger partial charge in [0.1, 0.15) is 0 Å². The summed E-state index contributed by atoms with van der Waals surface area (Å²) < 4.78 is 0. The lowest BCUT2D eigenvalue weighted by Gasteiger charge is -2.16. The maximum atomic E-state index is 12.2. The van der Waals surface area contributed by atoms with Gasteiger partial charge in [-0.25, -0.2) is 0 Å². The van der Waals surface area contributed by atoms with Crippen molar-refractivity contribution >= 4 is 5.91 Å². The van der Waals surface area contributed by atoms with Crippen molar-refractivity contribution in [3.8, 4) is 0 Å². The maximum Gasteiger partial charge on any atom is 0.224 e. The van der Waals surface area contributed by atoms with Crippen LogP contribution in [0.5, 0.6) is 0 Å². The second kappa shape index (κ2) is 7.26. The zero-order valence-corrected chi connectivity index (χ0v) is 13.9. The first kappa shape index (κ1) is 16.3. The summed E-state index contributed by atoms with van der Waals surface area (Å²) in [5, 5.41) is 3.08. The van der Waals surface area contributed by atoms with Crippen LogP contribution in [-0.2, 0) is 17.6 Å². The molecule has 0 fully saturated rings. The smallest absolute Gasteiger partial charge is 0.224 e. The highest BCUT2D eigenvalue weighted by molar-refractivity contribution is 5.79. The lowest BCUT2D eigenvalue weighted by Crippen LogP contribution is -2.28. The number of hydrogen-bond acceptors (Lipinski definition) is 1. The van der Waals surface area contributed by atoms with Crippen molar-refractivity contribution < 1.29 is 4.79 Å². The second-order valence-corrected chi connectivity index (χ2v) is 5.98. The van der Waals surface area contributed by atoms with Gasteiger partial charge in [0, 0.05) is 0 Å². The van der Waals surface area contributed by atoms with Crippen LogP contribution in [0.2, 0.25) is 0 Å². The average molecular weight is 295 g/mol. The molecule has 0 unspecified atom stereocenters. The lowest BCUT2D eigenvalue weighted by molar-refractivity contribution is -0.121. The van der Waals surface area contributed by atoms with Gasteiger partial charge in [0.05, 0.1) is 12.5 Å². The van der Waals surface area contributed by atoms with Crippen LogP contribution in [0.25, 0.3) is 0 Å². The molecule has 1 atom stereocenters. The monoisotopic (exact) mass is 295 g/mol. The molecule has 0 aliphatic rings. The van der Waals surface area contributed by atoms with E-state index in [2.05, 4.69) is 56.4 Å². The van der Waals surface area contributed by atoms with E-state index in [0.29, 0.717) is 6.42 Å². The molecule has 0 saturated carbocycles. The Balaban J connectivity index is 1.96. The van der Waals surface area contributed by atoms with E-state index in [-0.39, 0.29) is 11.9 Å². The van der Waals surface area contributed by atoms with Crippen LogP contribution in [0.4, 0.5) is 0 Å². The van der Waals surface area contributed by atoms with Crippen molar-refractivity contribution in [1.29, 1.82) is 0 Å². The van der Waals surface area contributed by atoms with Gasteiger partial charge in [-0.05, 0) is 55.0 Å². The number of hydrogen-bond donors (Lipinski definition) is 1. The minimum atomic E-state index is 0.0294. The molecule has 2 nitrogen and oxygen atoms in total. The van der Waals surface area contributed by atoms with Crippen molar-refractivity contribution in [1.82, 2.24) is 5.32 Å². The van der Waals surface area contributed by atoms with Gasteiger partial charge in [-0.15, -0.1) is 0 Å². The standard InChI is InChI=1S/C20H25NO/c1-5-17-7-9-18(10-8-17)13-20(22)21-16(4)19-11-6-14(2)15(3)12-19/h6-12,16H,5,13H2,1-4H3,(H,21,22)/t16-/m0/s1. The van der Waals surface area contributed by atoms with Crippen LogP contribution in [-0.4, -0.2) is 5.91 Å². The molecule has 2 aromatic carbocycles. The first-order valence-corrected chi connectivity index (χ1v) is 7.94. The Morgan fingerprint density at radius 2 is 1.64 bits per heavy atom. The molecule has 116 valence electrons. The third-order valence-electron chi connectivity index (χ3n) is 4.20. The number of nitrogens with one attached hydrogen (secondary N) is 1. The van der Waals surface area contributed by atoms with Gasteiger partial charge in [-0.3, -0.25) is 4.79 Å². The van der Waals surface area contributed by atoms with Crippen molar-refractivity contribution in [2.45, 2.75) is 46.6 Å². The summed E-state index contributed by atoms with van der Waals surface area (Å²) in [5.41, 5.74) is 6.04. The molecule has 22 heavy (non-hydrogen) atoms. The number of amides is 1. The zero-order chi connectivity index (χ0) is 16.1. The molecule has 1 amide bonds. The third-order valence-corrected chi connectivity index (χ3v) is 4.20. The first-order chi connectivity index (χ1) is 10.5. The summed E-state index contributed by atoms with van der Waals surface area (Å²) in [6.07, 6.45) is 1.45. The number of benzene rings is 2. The van der Waals surface area contributed by atoms with Crippen LogP contribution >= 0.6 is 0 Å². The summed E-state index contributed by atoms with van der Waals surface area (Å²) in [6.45, 7) is 8.36. The number of carbonyl (C=O) groups is 1. The first-order valence-electron chi connectivity index (χ1n) is 7.94. The van der Waals surface area contributed by atoms with E-state index < -0.39 is 0 Å². The Hall–Kier alpha value is -2.09. The van der Waals surface area contributed by atoms with E-state index >= 15 is 0 Å².